The molecule has 0 bridgehead atoms. The first-order valence-electron chi connectivity index (χ1n) is 7.24. The summed E-state index contributed by atoms with van der Waals surface area (Å²) in [4.78, 5) is 27.4. The Morgan fingerprint density at radius 3 is 2.52 bits per heavy atom. The third-order valence-electron chi connectivity index (χ3n) is 3.19. The number of rotatable bonds is 6. The Morgan fingerprint density at radius 1 is 1.04 bits per heavy atom. The molecule has 25 heavy (non-hydrogen) atoms. The van der Waals surface area contributed by atoms with Gasteiger partial charge in [-0.05, 0) is 35.9 Å². The SMILES string of the molecule is COC(=O)C=Cc1ccc(OC(=O)c2cccnc2OC)c(OC)c1. The Hall–Kier alpha value is -3.35. The molecule has 0 saturated carbocycles. The van der Waals surface area contributed by atoms with E-state index in [9.17, 15) is 9.59 Å². The van der Waals surface area contributed by atoms with Crippen molar-refractivity contribution < 1.29 is 28.5 Å². The number of aromatic nitrogens is 1. The maximum Gasteiger partial charge on any atom is 0.349 e. The molecule has 0 unspecified atom stereocenters. The summed E-state index contributed by atoms with van der Waals surface area (Å²) in [6.45, 7) is 0. The zero-order chi connectivity index (χ0) is 18.2. The van der Waals surface area contributed by atoms with Crippen LogP contribution in [-0.4, -0.2) is 38.3 Å². The molecule has 0 spiro atoms. The van der Waals surface area contributed by atoms with Gasteiger partial charge in [-0.3, -0.25) is 0 Å². The van der Waals surface area contributed by atoms with Crippen molar-refractivity contribution >= 4 is 18.0 Å². The van der Waals surface area contributed by atoms with Crippen molar-refractivity contribution in [3.8, 4) is 17.4 Å². The van der Waals surface area contributed by atoms with Crippen LogP contribution >= 0.6 is 0 Å². The second-order valence-corrected chi connectivity index (χ2v) is 4.72. The van der Waals surface area contributed by atoms with Crippen LogP contribution in [0.15, 0.2) is 42.6 Å². The quantitative estimate of drug-likeness (QED) is 0.453. The van der Waals surface area contributed by atoms with Crippen LogP contribution in [0.2, 0.25) is 0 Å². The highest BCUT2D eigenvalue weighted by Crippen LogP contribution is 2.30. The number of ether oxygens (including phenoxy) is 4. The van der Waals surface area contributed by atoms with Crippen LogP contribution in [-0.2, 0) is 9.53 Å². The molecule has 7 heteroatoms. The molecule has 0 N–H and O–H groups in total. The zero-order valence-corrected chi connectivity index (χ0v) is 14.0. The molecule has 0 aliphatic rings. The fraction of sp³-hybridized carbons (Fsp3) is 0.167. The van der Waals surface area contributed by atoms with Crippen molar-refractivity contribution in [1.29, 1.82) is 0 Å². The van der Waals surface area contributed by atoms with Crippen LogP contribution in [0.25, 0.3) is 6.08 Å². The molecule has 0 atom stereocenters. The van der Waals surface area contributed by atoms with Crippen LogP contribution < -0.4 is 14.2 Å². The standard InChI is InChI=1S/C18H17NO6/c1-22-15-11-12(7-9-16(20)23-2)6-8-14(15)25-18(21)13-5-4-10-19-17(13)24-3/h4-11H,1-3H3. The van der Waals surface area contributed by atoms with Gasteiger partial charge in [0.05, 0.1) is 21.3 Å². The van der Waals surface area contributed by atoms with E-state index in [0.717, 1.165) is 0 Å². The van der Waals surface area contributed by atoms with E-state index in [1.54, 1.807) is 36.4 Å². The monoisotopic (exact) mass is 343 g/mol. The summed E-state index contributed by atoms with van der Waals surface area (Å²) >= 11 is 0. The second-order valence-electron chi connectivity index (χ2n) is 4.72. The lowest BCUT2D eigenvalue weighted by Crippen LogP contribution is -2.11. The maximum absolute atomic E-state index is 12.3. The molecule has 0 radical (unpaired) electrons. The minimum Gasteiger partial charge on any atom is -0.493 e. The first-order chi connectivity index (χ1) is 12.1. The van der Waals surface area contributed by atoms with Crippen molar-refractivity contribution in [3.63, 3.8) is 0 Å². The normalized spacial score (nSPS) is 10.4. The second kappa shape index (κ2) is 8.49. The van der Waals surface area contributed by atoms with Crippen LogP contribution in [0.3, 0.4) is 0 Å². The fourth-order valence-electron chi connectivity index (χ4n) is 1.97. The Balaban J connectivity index is 2.23. The van der Waals surface area contributed by atoms with Gasteiger partial charge in [-0.2, -0.15) is 0 Å². The van der Waals surface area contributed by atoms with Gasteiger partial charge in [-0.15, -0.1) is 0 Å². The molecule has 0 aliphatic heterocycles. The molecule has 0 amide bonds. The van der Waals surface area contributed by atoms with E-state index in [-0.39, 0.29) is 17.2 Å². The summed E-state index contributed by atoms with van der Waals surface area (Å²) in [6.07, 6.45) is 4.35. The fourth-order valence-corrected chi connectivity index (χ4v) is 1.97. The molecule has 2 rings (SSSR count). The first-order valence-corrected chi connectivity index (χ1v) is 7.24. The molecule has 2 aromatic rings. The van der Waals surface area contributed by atoms with E-state index < -0.39 is 11.9 Å². The number of pyridine rings is 1. The van der Waals surface area contributed by atoms with Crippen LogP contribution in [0.1, 0.15) is 15.9 Å². The molecular weight excluding hydrogens is 326 g/mol. The molecule has 1 aromatic carbocycles. The molecule has 7 nitrogen and oxygen atoms in total. The number of hydrogen-bond acceptors (Lipinski definition) is 7. The average Bonchev–Trinajstić information content (AvgIpc) is 2.66. The van der Waals surface area contributed by atoms with Crippen molar-refractivity contribution in [2.45, 2.75) is 0 Å². The Bertz CT molecular complexity index is 800. The number of carbonyl (C=O) groups is 2. The van der Waals surface area contributed by atoms with E-state index in [0.29, 0.717) is 11.3 Å². The zero-order valence-electron chi connectivity index (χ0n) is 14.0. The lowest BCUT2D eigenvalue weighted by Gasteiger charge is -2.11. The predicted octanol–water partition coefficient (Wildman–Crippen LogP) is 2.50. The van der Waals surface area contributed by atoms with Gasteiger partial charge >= 0.3 is 11.9 Å². The third kappa shape index (κ3) is 4.57. The van der Waals surface area contributed by atoms with Crippen LogP contribution in [0, 0.1) is 0 Å². The Morgan fingerprint density at radius 2 is 1.84 bits per heavy atom. The number of nitrogens with zero attached hydrogens (tertiary/aromatic N) is 1. The lowest BCUT2D eigenvalue weighted by molar-refractivity contribution is -0.134. The number of methoxy groups -OCH3 is 3. The van der Waals surface area contributed by atoms with Crippen molar-refractivity contribution in [2.24, 2.45) is 0 Å². The van der Waals surface area contributed by atoms with Gasteiger partial charge in [0, 0.05) is 12.3 Å². The van der Waals surface area contributed by atoms with Crippen molar-refractivity contribution in [3.05, 3.63) is 53.7 Å². The lowest BCUT2D eigenvalue weighted by atomic mass is 10.2. The first kappa shape index (κ1) is 18.0. The average molecular weight is 343 g/mol. The Labute approximate surface area is 144 Å². The maximum atomic E-state index is 12.3. The van der Waals surface area contributed by atoms with Gasteiger partial charge in [0.15, 0.2) is 11.5 Å². The third-order valence-corrected chi connectivity index (χ3v) is 3.19. The summed E-state index contributed by atoms with van der Waals surface area (Å²) in [6, 6.07) is 8.02. The van der Waals surface area contributed by atoms with Gasteiger partial charge in [0.2, 0.25) is 5.88 Å². The topological polar surface area (TPSA) is 84.0 Å². The van der Waals surface area contributed by atoms with Gasteiger partial charge in [-0.1, -0.05) is 6.07 Å². The minimum absolute atomic E-state index is 0.170. The van der Waals surface area contributed by atoms with Gasteiger partial charge < -0.3 is 18.9 Å². The summed E-state index contributed by atoms with van der Waals surface area (Å²) in [5.74, 6) is -0.361. The number of esters is 2. The molecule has 1 heterocycles. The summed E-state index contributed by atoms with van der Waals surface area (Å²) < 4.78 is 20.2. The van der Waals surface area contributed by atoms with E-state index in [2.05, 4.69) is 9.72 Å². The van der Waals surface area contributed by atoms with E-state index in [4.69, 9.17) is 14.2 Å². The predicted molar refractivity (Wildman–Crippen MR) is 89.8 cm³/mol. The smallest absolute Gasteiger partial charge is 0.349 e. The molecule has 0 fully saturated rings. The highest BCUT2D eigenvalue weighted by molar-refractivity contribution is 5.93. The summed E-state index contributed by atoms with van der Waals surface area (Å²) in [5.41, 5.74) is 0.878. The molecule has 130 valence electrons. The number of benzene rings is 1. The molecule has 0 aliphatic carbocycles. The number of carbonyl (C=O) groups excluding carboxylic acids is 2. The summed E-state index contributed by atoms with van der Waals surface area (Å²) in [5, 5.41) is 0. The van der Waals surface area contributed by atoms with E-state index in [1.807, 2.05) is 0 Å². The van der Waals surface area contributed by atoms with Gasteiger partial charge in [0.1, 0.15) is 5.56 Å². The largest absolute Gasteiger partial charge is 0.493 e. The van der Waals surface area contributed by atoms with Gasteiger partial charge in [0.25, 0.3) is 0 Å². The van der Waals surface area contributed by atoms with Gasteiger partial charge in [-0.25, -0.2) is 14.6 Å². The van der Waals surface area contributed by atoms with E-state index in [1.165, 1.54) is 33.6 Å². The van der Waals surface area contributed by atoms with Crippen LogP contribution in [0.5, 0.6) is 17.4 Å². The molecule has 0 saturated heterocycles. The van der Waals surface area contributed by atoms with Crippen molar-refractivity contribution in [1.82, 2.24) is 4.98 Å². The molecular formula is C18H17NO6. The highest BCUT2D eigenvalue weighted by Gasteiger charge is 2.17. The van der Waals surface area contributed by atoms with E-state index >= 15 is 0 Å². The van der Waals surface area contributed by atoms with Crippen molar-refractivity contribution in [2.75, 3.05) is 21.3 Å². The Kier molecular flexibility index (Phi) is 6.11. The van der Waals surface area contributed by atoms with Crippen LogP contribution in [0.4, 0.5) is 0 Å². The number of hydrogen-bond donors (Lipinski definition) is 0. The highest BCUT2D eigenvalue weighted by atomic mass is 16.6. The molecule has 1 aromatic heterocycles. The minimum atomic E-state index is -0.624. The summed E-state index contributed by atoms with van der Waals surface area (Å²) in [7, 11) is 4.16.